The summed E-state index contributed by atoms with van der Waals surface area (Å²) in [5.41, 5.74) is 3.59. The maximum Gasteiger partial charge on any atom is 0.432 e. The summed E-state index contributed by atoms with van der Waals surface area (Å²) in [5.74, 6) is -22.5. The molecule has 134 heavy (non-hydrogen) atoms. The topological polar surface area (TPSA) is 36.9 Å². The van der Waals surface area contributed by atoms with Gasteiger partial charge in [0.1, 0.15) is 138 Å². The minimum Gasteiger partial charge on any atom is -0.429 e. The lowest BCUT2D eigenvalue weighted by Crippen LogP contribution is -2.25. The minimum absolute atomic E-state index is 0.106. The van der Waals surface area contributed by atoms with Gasteiger partial charge in [0.25, 0.3) is 0 Å². The van der Waals surface area contributed by atoms with Gasteiger partial charge in [-0.25, -0.2) is 70.2 Å². The fourth-order valence-corrected chi connectivity index (χ4v) is 17.6. The highest BCUT2D eigenvalue weighted by atomic mass is 19.3. The summed E-state index contributed by atoms with van der Waals surface area (Å²) in [6.07, 6.45) is 0.505. The third kappa shape index (κ3) is 22.7. The van der Waals surface area contributed by atoms with Gasteiger partial charge in [-0.3, -0.25) is 0 Å². The van der Waals surface area contributed by atoms with E-state index in [4.69, 9.17) is 0 Å². The third-order valence-electron chi connectivity index (χ3n) is 25.0. The van der Waals surface area contributed by atoms with Crippen LogP contribution in [0.15, 0.2) is 170 Å². The molecule has 16 rings (SSSR count). The lowest BCUT2D eigenvalue weighted by atomic mass is 9.98. The molecule has 12 aromatic rings. The second kappa shape index (κ2) is 41.2. The molecule has 0 amide bonds. The van der Waals surface area contributed by atoms with Gasteiger partial charge in [-0.15, -0.1) is 0 Å². The highest BCUT2D eigenvalue weighted by molar-refractivity contribution is 5.70. The van der Waals surface area contributed by atoms with E-state index in [1.165, 1.54) is 28.7 Å². The van der Waals surface area contributed by atoms with Crippen LogP contribution in [0.2, 0.25) is 0 Å². The average Bonchev–Trinajstić information content (AvgIpc) is 1.34. The standard InChI is InChI=1S/C28H26F6O.C27H24F6O.C26H22F6O.C25H20F6O/c1-3-4-5-6-17-9-18-7-8-19(11-20(18)10-17)21-12-25(31)27(26(32)13-21)28(33,34)35-22-14-23(29)16(2)24(30)15-22;1-3-4-5-16-8-17-6-7-18(10-19(17)9-16)20-11-24(30)26(25(31)12-20)27(32,33)34-21-13-22(28)15(2)23(29)14-21;1-3-4-15-7-16-5-6-17(9-18(16)8-15)19-10-23(29)25(24(30)11-19)26(31,32)33-20-12-21(27)14(2)22(28)13-20;1-3-14-6-15-4-5-16(8-17(15)7-14)18-9-22(28)24(23(29)10-18)25(30,31)32-19-11-20(26)13(2)21(27)12-19/h7-8,11-15,17H,3-6,9-10H2,1-2H3;6-7,10-14,16H,3-5,8-9H2,1-2H3;5-6,9-13,15H,3-4,7-8H2,1-2H3;4-5,8-12,14H,3,6-7H2,1-2H3. The molecule has 4 aliphatic carbocycles. The Labute approximate surface area is 759 Å². The Morgan fingerprint density at radius 1 is 0.216 bits per heavy atom. The molecule has 4 aliphatic rings. The summed E-state index contributed by atoms with van der Waals surface area (Å²) >= 11 is 0. The minimum atomic E-state index is -4.50. The van der Waals surface area contributed by atoms with Gasteiger partial charge < -0.3 is 18.9 Å². The first-order valence-electron chi connectivity index (χ1n) is 43.9. The Kier molecular flexibility index (Phi) is 30.6. The molecule has 0 saturated carbocycles. The van der Waals surface area contributed by atoms with Gasteiger partial charge >= 0.3 is 24.4 Å². The molecular weight excluding hydrogens is 1790 g/mol. The van der Waals surface area contributed by atoms with Gasteiger partial charge in [-0.05, 0) is 253 Å². The first-order chi connectivity index (χ1) is 63.3. The maximum atomic E-state index is 14.8. The van der Waals surface area contributed by atoms with Crippen LogP contribution in [0.1, 0.15) is 181 Å². The van der Waals surface area contributed by atoms with Crippen LogP contribution in [0.25, 0.3) is 44.5 Å². The summed E-state index contributed by atoms with van der Waals surface area (Å²) in [4.78, 5) is 0. The van der Waals surface area contributed by atoms with E-state index in [1.807, 2.05) is 48.5 Å². The van der Waals surface area contributed by atoms with Gasteiger partial charge in [0.2, 0.25) is 0 Å². The predicted molar refractivity (Wildman–Crippen MR) is 462 cm³/mol. The highest BCUT2D eigenvalue weighted by Crippen LogP contribution is 2.47. The SMILES string of the molecule is CCC1Cc2ccc(-c3cc(F)c(C(F)(F)Oc4cc(F)c(C)c(F)c4)c(F)c3)cc2C1.CCCC1Cc2ccc(-c3cc(F)c(C(F)(F)Oc4cc(F)c(C)c(F)c4)c(F)c3)cc2C1.CCCCC1Cc2ccc(-c3cc(F)c(C(F)(F)Oc4cc(F)c(C)c(F)c4)c(F)c3)cc2C1.CCCCCC1Cc2ccc(-c3cc(F)c(C(F)(F)Oc4cc(F)c(C)c(F)c4)c(F)c3)cc2C1. The Morgan fingerprint density at radius 3 is 0.634 bits per heavy atom. The molecule has 12 aromatic carbocycles. The Bertz CT molecular complexity index is 6180. The summed E-state index contributed by atoms with van der Waals surface area (Å²) in [7, 11) is 0. The van der Waals surface area contributed by atoms with Gasteiger partial charge in [0.05, 0.1) is 0 Å². The lowest BCUT2D eigenvalue weighted by Gasteiger charge is -2.20. The normalized spacial score (nSPS) is 15.5. The van der Waals surface area contributed by atoms with E-state index in [9.17, 15) is 105 Å². The fraction of sp³-hybridized carbons (Fsp3) is 0.321. The number of halogens is 24. The van der Waals surface area contributed by atoms with Crippen molar-refractivity contribution >= 4 is 0 Å². The van der Waals surface area contributed by atoms with Crippen LogP contribution in [0.4, 0.5) is 105 Å². The smallest absolute Gasteiger partial charge is 0.429 e. The van der Waals surface area contributed by atoms with Crippen LogP contribution in [0.5, 0.6) is 23.0 Å². The van der Waals surface area contributed by atoms with E-state index >= 15 is 0 Å². The molecule has 0 radical (unpaired) electrons. The van der Waals surface area contributed by atoms with Crippen molar-refractivity contribution in [3.63, 3.8) is 0 Å². The van der Waals surface area contributed by atoms with Crippen molar-refractivity contribution in [1.29, 1.82) is 0 Å². The van der Waals surface area contributed by atoms with E-state index in [-0.39, 0.29) is 44.5 Å². The summed E-state index contributed by atoms with van der Waals surface area (Å²) < 4.78 is 361. The molecule has 0 fully saturated rings. The zero-order valence-electron chi connectivity index (χ0n) is 73.9. The average molecular weight is 1890 g/mol. The predicted octanol–water partition coefficient (Wildman–Crippen LogP) is 32.2. The molecule has 708 valence electrons. The van der Waals surface area contributed by atoms with Crippen LogP contribution in [-0.4, -0.2) is 0 Å². The molecular formula is C106H92F24O4. The number of unbranched alkanes of at least 4 members (excludes halogenated alkanes) is 3. The number of fused-ring (bicyclic) bond motifs is 4. The van der Waals surface area contributed by atoms with Crippen molar-refractivity contribution in [1.82, 2.24) is 0 Å². The molecule has 4 unspecified atom stereocenters. The quantitative estimate of drug-likeness (QED) is 0.0400. The zero-order valence-corrected chi connectivity index (χ0v) is 73.9. The molecule has 4 nitrogen and oxygen atoms in total. The first kappa shape index (κ1) is 99.6. The number of rotatable bonds is 26. The molecule has 0 spiro atoms. The molecule has 0 bridgehead atoms. The van der Waals surface area contributed by atoms with Gasteiger partial charge in [0, 0.05) is 70.8 Å². The fourth-order valence-electron chi connectivity index (χ4n) is 17.6. The van der Waals surface area contributed by atoms with Crippen molar-refractivity contribution in [3.8, 4) is 67.5 Å². The number of ether oxygens (including phenoxy) is 4. The van der Waals surface area contributed by atoms with Crippen molar-refractivity contribution in [2.45, 2.75) is 195 Å². The van der Waals surface area contributed by atoms with Crippen molar-refractivity contribution in [2.24, 2.45) is 23.7 Å². The van der Waals surface area contributed by atoms with Crippen LogP contribution in [-0.2, 0) is 75.8 Å². The van der Waals surface area contributed by atoms with E-state index in [0.29, 0.717) is 94.5 Å². The molecule has 28 heteroatoms. The molecule has 0 heterocycles. The summed E-state index contributed by atoms with van der Waals surface area (Å²) in [6, 6.07) is 32.7. The Balaban J connectivity index is 0.000000152. The summed E-state index contributed by atoms with van der Waals surface area (Å²) in [5, 5.41) is 0. The number of hydrogen-bond acceptors (Lipinski definition) is 4. The van der Waals surface area contributed by atoms with Gasteiger partial charge in [-0.2, -0.15) is 35.1 Å². The van der Waals surface area contributed by atoms with Crippen LogP contribution >= 0.6 is 0 Å². The molecule has 4 atom stereocenters. The van der Waals surface area contributed by atoms with Crippen molar-refractivity contribution in [3.05, 3.63) is 352 Å². The van der Waals surface area contributed by atoms with Gasteiger partial charge in [-0.1, -0.05) is 152 Å². The third-order valence-corrected chi connectivity index (χ3v) is 25.0. The van der Waals surface area contributed by atoms with E-state index < -0.39 is 163 Å². The first-order valence-corrected chi connectivity index (χ1v) is 43.9. The molecule has 0 saturated heterocycles. The Hall–Kier alpha value is -11.8. The molecule has 0 N–H and O–H groups in total. The largest absolute Gasteiger partial charge is 0.432 e. The molecule has 0 aliphatic heterocycles. The number of hydrogen-bond donors (Lipinski definition) is 0. The van der Waals surface area contributed by atoms with Crippen molar-refractivity contribution in [2.75, 3.05) is 0 Å². The van der Waals surface area contributed by atoms with Crippen LogP contribution in [0, 0.1) is 144 Å². The Morgan fingerprint density at radius 2 is 0.418 bits per heavy atom. The molecule has 0 aromatic heterocycles. The van der Waals surface area contributed by atoms with Crippen LogP contribution in [0.3, 0.4) is 0 Å². The van der Waals surface area contributed by atoms with E-state index in [1.54, 1.807) is 24.3 Å². The van der Waals surface area contributed by atoms with E-state index in [0.717, 1.165) is 208 Å². The maximum absolute atomic E-state index is 14.8. The van der Waals surface area contributed by atoms with Crippen LogP contribution < -0.4 is 18.9 Å². The van der Waals surface area contributed by atoms with Crippen molar-refractivity contribution < 1.29 is 124 Å². The summed E-state index contributed by atoms with van der Waals surface area (Å²) in [6.45, 7) is 13.0. The number of alkyl halides is 8. The lowest BCUT2D eigenvalue weighted by molar-refractivity contribution is -0.190. The second-order valence-corrected chi connectivity index (χ2v) is 34.6. The highest BCUT2D eigenvalue weighted by Gasteiger charge is 2.46. The second-order valence-electron chi connectivity index (χ2n) is 34.6. The van der Waals surface area contributed by atoms with E-state index in [2.05, 4.69) is 46.6 Å². The zero-order chi connectivity index (χ0) is 97.1. The number of benzene rings is 12. The van der Waals surface area contributed by atoms with Gasteiger partial charge in [0.15, 0.2) is 0 Å². The monoisotopic (exact) mass is 1880 g/mol.